The number of likely N-dealkylation sites (N-methyl/N-ethyl adjacent to an activating group) is 1. The van der Waals surface area contributed by atoms with Crippen molar-refractivity contribution in [3.63, 3.8) is 0 Å². The van der Waals surface area contributed by atoms with Gasteiger partial charge in [0.15, 0.2) is 6.10 Å². The maximum atomic E-state index is 12.8. The summed E-state index contributed by atoms with van der Waals surface area (Å²) >= 11 is 0. The first-order valence-electron chi connectivity index (χ1n) is 27.9. The average Bonchev–Trinajstić information content (AvgIpc) is 3.34. The molecular formula is C62H103NO8P+. The van der Waals surface area contributed by atoms with Crippen molar-refractivity contribution in [1.29, 1.82) is 0 Å². The summed E-state index contributed by atoms with van der Waals surface area (Å²) < 4.78 is 34.5. The van der Waals surface area contributed by atoms with Crippen LogP contribution >= 0.6 is 7.82 Å². The fourth-order valence-electron chi connectivity index (χ4n) is 6.93. The number of ether oxygens (including phenoxy) is 2. The lowest BCUT2D eigenvalue weighted by atomic mass is 10.1. The number of phosphoric acid groups is 1. The van der Waals surface area contributed by atoms with Gasteiger partial charge in [0.05, 0.1) is 27.7 Å². The van der Waals surface area contributed by atoms with Crippen molar-refractivity contribution >= 4 is 19.8 Å². The highest BCUT2D eigenvalue weighted by Gasteiger charge is 2.27. The zero-order valence-electron chi connectivity index (χ0n) is 46.1. The molecule has 1 N–H and O–H groups in total. The van der Waals surface area contributed by atoms with Crippen LogP contribution in [0.1, 0.15) is 194 Å². The van der Waals surface area contributed by atoms with Crippen molar-refractivity contribution in [2.24, 2.45) is 0 Å². The van der Waals surface area contributed by atoms with Crippen LogP contribution in [0.25, 0.3) is 0 Å². The zero-order valence-corrected chi connectivity index (χ0v) is 47.0. The van der Waals surface area contributed by atoms with Crippen LogP contribution in [0.15, 0.2) is 134 Å². The number of quaternary nitrogens is 1. The standard InChI is InChI=1S/C62H102NO8P/c1-6-8-10-12-14-16-18-20-22-24-26-28-29-30-31-32-33-35-37-39-41-43-45-47-49-51-53-55-62(65)71-60(59-70-72(66,67)69-57-56-63(3,4)5)58-68-61(64)54-52-50-48-46-44-42-40-38-36-34-27-25-23-21-19-17-15-13-11-9-7-2/h8-11,14-17,20-23,26-28,30-31,33-35,38,40,60H,6-7,12-13,18-19,24-25,29,32,36-37,39,41-59H2,1-5H3/p+1/b10-8-,11-9-,16-14-,17-15-,22-20-,23-21-,28-26-,31-30-,34-27-,35-33-,40-38-. The number of rotatable bonds is 49. The molecule has 2 unspecified atom stereocenters. The van der Waals surface area contributed by atoms with Gasteiger partial charge >= 0.3 is 19.8 Å². The second kappa shape index (κ2) is 52.0. The van der Waals surface area contributed by atoms with E-state index < -0.39 is 32.5 Å². The van der Waals surface area contributed by atoms with E-state index in [1.165, 1.54) is 25.7 Å². The number of phosphoric ester groups is 1. The Bertz CT molecular complexity index is 1670. The summed E-state index contributed by atoms with van der Waals surface area (Å²) in [7, 11) is 1.44. The number of esters is 2. The minimum absolute atomic E-state index is 0.0183. The molecule has 0 aliphatic rings. The number of unbranched alkanes of at least 4 members (excludes halogenated alkanes) is 13. The van der Waals surface area contributed by atoms with Gasteiger partial charge < -0.3 is 18.9 Å². The molecule has 0 aromatic heterocycles. The van der Waals surface area contributed by atoms with Crippen molar-refractivity contribution < 1.29 is 42.1 Å². The van der Waals surface area contributed by atoms with Crippen molar-refractivity contribution in [3.05, 3.63) is 134 Å². The molecule has 0 fully saturated rings. The van der Waals surface area contributed by atoms with E-state index in [1.54, 1.807) is 0 Å². The molecule has 0 aromatic rings. The Morgan fingerprint density at radius 3 is 1.11 bits per heavy atom. The lowest BCUT2D eigenvalue weighted by molar-refractivity contribution is -0.870. The van der Waals surface area contributed by atoms with Gasteiger partial charge in [0, 0.05) is 12.8 Å². The van der Waals surface area contributed by atoms with Crippen LogP contribution in [0.3, 0.4) is 0 Å². The van der Waals surface area contributed by atoms with Crippen LogP contribution < -0.4 is 0 Å². The molecular weight excluding hydrogens is 918 g/mol. The molecule has 0 rings (SSSR count). The van der Waals surface area contributed by atoms with E-state index in [-0.39, 0.29) is 26.1 Å². The fourth-order valence-corrected chi connectivity index (χ4v) is 7.67. The van der Waals surface area contributed by atoms with Crippen molar-refractivity contribution in [2.75, 3.05) is 47.5 Å². The van der Waals surface area contributed by atoms with Gasteiger partial charge in [0.2, 0.25) is 0 Å². The molecule has 408 valence electrons. The molecule has 72 heavy (non-hydrogen) atoms. The molecule has 0 heterocycles. The number of hydrogen-bond acceptors (Lipinski definition) is 7. The smallest absolute Gasteiger partial charge is 0.462 e. The Balaban J connectivity index is 4.29. The van der Waals surface area contributed by atoms with Crippen molar-refractivity contribution in [1.82, 2.24) is 0 Å². The van der Waals surface area contributed by atoms with Crippen molar-refractivity contribution in [2.45, 2.75) is 200 Å². The molecule has 0 radical (unpaired) electrons. The van der Waals surface area contributed by atoms with Gasteiger partial charge in [0.1, 0.15) is 19.8 Å². The maximum Gasteiger partial charge on any atom is 0.472 e. The molecule has 0 aliphatic carbocycles. The van der Waals surface area contributed by atoms with E-state index in [1.807, 2.05) is 21.1 Å². The van der Waals surface area contributed by atoms with Crippen LogP contribution in [0.5, 0.6) is 0 Å². The monoisotopic (exact) mass is 1020 g/mol. The van der Waals surface area contributed by atoms with Gasteiger partial charge in [0.25, 0.3) is 0 Å². The van der Waals surface area contributed by atoms with E-state index in [0.717, 1.165) is 128 Å². The highest BCUT2D eigenvalue weighted by atomic mass is 31.2. The Hall–Kier alpha value is -3.85. The predicted octanol–water partition coefficient (Wildman–Crippen LogP) is 17.4. The molecule has 0 bridgehead atoms. The minimum Gasteiger partial charge on any atom is -0.462 e. The van der Waals surface area contributed by atoms with Crippen LogP contribution in [0.4, 0.5) is 0 Å². The fraction of sp³-hybridized carbons (Fsp3) is 0.613. The molecule has 0 amide bonds. The first kappa shape index (κ1) is 68.2. The molecule has 2 atom stereocenters. The van der Waals surface area contributed by atoms with Gasteiger partial charge in [-0.05, 0) is 109 Å². The maximum absolute atomic E-state index is 12.8. The molecule has 0 saturated heterocycles. The van der Waals surface area contributed by atoms with Crippen LogP contribution in [-0.2, 0) is 32.7 Å². The summed E-state index contributed by atoms with van der Waals surface area (Å²) in [6, 6.07) is 0. The number of allylic oxidation sites excluding steroid dienone is 22. The highest BCUT2D eigenvalue weighted by molar-refractivity contribution is 7.47. The second-order valence-corrected chi connectivity index (χ2v) is 20.7. The van der Waals surface area contributed by atoms with Gasteiger partial charge in [-0.25, -0.2) is 4.57 Å². The number of hydrogen-bond donors (Lipinski definition) is 1. The normalized spacial score (nSPS) is 14.4. The zero-order chi connectivity index (χ0) is 52.7. The summed E-state index contributed by atoms with van der Waals surface area (Å²) in [6.45, 7) is 4.15. The third-order valence-corrected chi connectivity index (χ3v) is 12.2. The number of carbonyl (C=O) groups is 2. The first-order valence-corrected chi connectivity index (χ1v) is 29.4. The van der Waals surface area contributed by atoms with Gasteiger partial charge in [-0.15, -0.1) is 0 Å². The quantitative estimate of drug-likeness (QED) is 0.0211. The molecule has 0 aromatic carbocycles. The minimum atomic E-state index is -4.40. The second-order valence-electron chi connectivity index (χ2n) is 19.2. The molecule has 10 heteroatoms. The number of nitrogens with zero attached hydrogens (tertiary/aromatic N) is 1. The van der Waals surface area contributed by atoms with Gasteiger partial charge in [-0.2, -0.15) is 0 Å². The Labute approximate surface area is 441 Å². The average molecular weight is 1020 g/mol. The molecule has 0 aliphatic heterocycles. The highest BCUT2D eigenvalue weighted by Crippen LogP contribution is 2.43. The third kappa shape index (κ3) is 55.5. The third-order valence-electron chi connectivity index (χ3n) is 11.2. The summed E-state index contributed by atoms with van der Waals surface area (Å²) in [5.74, 6) is -0.840. The van der Waals surface area contributed by atoms with E-state index in [2.05, 4.69) is 148 Å². The molecule has 9 nitrogen and oxygen atoms in total. The summed E-state index contributed by atoms with van der Waals surface area (Å²) in [4.78, 5) is 35.7. The number of carbonyl (C=O) groups excluding carboxylic acids is 2. The van der Waals surface area contributed by atoms with Crippen LogP contribution in [0.2, 0.25) is 0 Å². The lowest BCUT2D eigenvalue weighted by Crippen LogP contribution is -2.37. The predicted molar refractivity (Wildman–Crippen MR) is 307 cm³/mol. The van der Waals surface area contributed by atoms with E-state index in [4.69, 9.17) is 18.5 Å². The SMILES string of the molecule is CC/C=C\C/C=C\C/C=C\C/C=C\C/C=C\C/C=C\CCCCCCCCCCC(=O)OC(COC(=O)CCCCCCC/C=C\C/C=C\C/C=C\C/C=C\C/C=C\CC)COP(=O)(O)OCC[N+](C)(C)C. The summed E-state index contributed by atoms with van der Waals surface area (Å²) in [6.07, 6.45) is 75.0. The first-order chi connectivity index (χ1) is 35.0. The Morgan fingerprint density at radius 2 is 0.750 bits per heavy atom. The van der Waals surface area contributed by atoms with Crippen LogP contribution in [0, 0.1) is 0 Å². The van der Waals surface area contributed by atoms with E-state index in [0.29, 0.717) is 23.9 Å². The van der Waals surface area contributed by atoms with E-state index >= 15 is 0 Å². The Morgan fingerprint density at radius 1 is 0.431 bits per heavy atom. The Kier molecular flexibility index (Phi) is 49.2. The van der Waals surface area contributed by atoms with Crippen LogP contribution in [-0.4, -0.2) is 74.9 Å². The molecule has 0 saturated carbocycles. The summed E-state index contributed by atoms with van der Waals surface area (Å²) in [5.41, 5.74) is 0. The largest absolute Gasteiger partial charge is 0.472 e. The summed E-state index contributed by atoms with van der Waals surface area (Å²) in [5, 5.41) is 0. The van der Waals surface area contributed by atoms with E-state index in [9.17, 15) is 19.0 Å². The van der Waals surface area contributed by atoms with Crippen molar-refractivity contribution in [3.8, 4) is 0 Å². The lowest BCUT2D eigenvalue weighted by Gasteiger charge is -2.24. The van der Waals surface area contributed by atoms with Gasteiger partial charge in [-0.3, -0.25) is 18.6 Å². The van der Waals surface area contributed by atoms with Gasteiger partial charge in [-0.1, -0.05) is 205 Å². The topological polar surface area (TPSA) is 108 Å². The molecule has 0 spiro atoms.